The van der Waals surface area contributed by atoms with Crippen LogP contribution in [0.5, 0.6) is 0 Å². The van der Waals surface area contributed by atoms with E-state index in [4.69, 9.17) is 4.74 Å². The van der Waals surface area contributed by atoms with Crippen LogP contribution in [0.2, 0.25) is 0 Å². The average molecular weight is 233 g/mol. The molecular formula is C11H23NO2S. The number of hydrogen-bond acceptors (Lipinski definition) is 3. The lowest BCUT2D eigenvalue weighted by atomic mass is 9.82. The molecule has 1 aliphatic rings. The molecule has 1 rings (SSSR count). The van der Waals surface area contributed by atoms with E-state index in [0.717, 1.165) is 51.3 Å². The van der Waals surface area contributed by atoms with Gasteiger partial charge in [-0.05, 0) is 31.2 Å². The van der Waals surface area contributed by atoms with Crippen molar-refractivity contribution >= 4 is 10.8 Å². The first-order chi connectivity index (χ1) is 7.12. The van der Waals surface area contributed by atoms with E-state index in [1.165, 1.54) is 0 Å². The molecule has 0 spiro atoms. The van der Waals surface area contributed by atoms with E-state index in [9.17, 15) is 4.21 Å². The van der Waals surface area contributed by atoms with E-state index in [2.05, 4.69) is 12.2 Å². The van der Waals surface area contributed by atoms with Crippen molar-refractivity contribution in [3.63, 3.8) is 0 Å². The molecule has 0 aromatic carbocycles. The van der Waals surface area contributed by atoms with Gasteiger partial charge in [0.1, 0.15) is 0 Å². The third-order valence-electron chi connectivity index (χ3n) is 3.04. The molecule has 4 heteroatoms. The van der Waals surface area contributed by atoms with Crippen molar-refractivity contribution < 1.29 is 8.95 Å². The Bertz CT molecular complexity index is 203. The van der Waals surface area contributed by atoms with Gasteiger partial charge in [-0.3, -0.25) is 4.21 Å². The molecule has 0 radical (unpaired) electrons. The Kier molecular flexibility index (Phi) is 5.79. The molecule has 0 saturated carbocycles. The van der Waals surface area contributed by atoms with Crippen LogP contribution in [0.25, 0.3) is 0 Å². The van der Waals surface area contributed by atoms with Gasteiger partial charge in [-0.2, -0.15) is 0 Å². The predicted molar refractivity (Wildman–Crippen MR) is 64.6 cm³/mol. The maximum atomic E-state index is 10.8. The molecule has 0 bridgehead atoms. The first-order valence-corrected chi connectivity index (χ1v) is 7.44. The van der Waals surface area contributed by atoms with Crippen LogP contribution in [-0.2, 0) is 15.5 Å². The van der Waals surface area contributed by atoms with Crippen molar-refractivity contribution in [2.75, 3.05) is 38.3 Å². The highest BCUT2D eigenvalue weighted by molar-refractivity contribution is 7.84. The molecule has 3 nitrogen and oxygen atoms in total. The molecule has 1 aliphatic heterocycles. The highest BCUT2D eigenvalue weighted by Gasteiger charge is 2.26. The van der Waals surface area contributed by atoms with Gasteiger partial charge in [0, 0.05) is 42.6 Å². The molecule has 0 aromatic heterocycles. The summed E-state index contributed by atoms with van der Waals surface area (Å²) in [6.45, 7) is 6.16. The molecule has 1 unspecified atom stereocenters. The minimum atomic E-state index is -0.644. The standard InChI is InChI=1S/C11H23NO2S/c1-11(4-7-14-8-5-11)10-12-6-3-9-15(2)13/h12H,3-10H2,1-2H3. The van der Waals surface area contributed by atoms with Crippen LogP contribution in [0.15, 0.2) is 0 Å². The second kappa shape index (κ2) is 6.61. The highest BCUT2D eigenvalue weighted by atomic mass is 32.2. The van der Waals surface area contributed by atoms with Crippen LogP contribution in [0.1, 0.15) is 26.2 Å². The van der Waals surface area contributed by atoms with Crippen LogP contribution in [0, 0.1) is 5.41 Å². The Morgan fingerprint density at radius 3 is 2.67 bits per heavy atom. The second-order valence-corrected chi connectivity index (χ2v) is 6.29. The van der Waals surface area contributed by atoms with Gasteiger partial charge in [0.15, 0.2) is 0 Å². The minimum Gasteiger partial charge on any atom is -0.381 e. The van der Waals surface area contributed by atoms with Crippen molar-refractivity contribution in [1.82, 2.24) is 5.32 Å². The lowest BCUT2D eigenvalue weighted by molar-refractivity contribution is 0.0242. The summed E-state index contributed by atoms with van der Waals surface area (Å²) in [4.78, 5) is 0. The van der Waals surface area contributed by atoms with E-state index < -0.39 is 10.8 Å². The summed E-state index contributed by atoms with van der Waals surface area (Å²) in [5, 5.41) is 3.46. The van der Waals surface area contributed by atoms with Crippen LogP contribution in [0.3, 0.4) is 0 Å². The summed E-state index contributed by atoms with van der Waals surface area (Å²) in [6.07, 6.45) is 5.08. The fourth-order valence-electron chi connectivity index (χ4n) is 1.83. The van der Waals surface area contributed by atoms with Gasteiger partial charge in [-0.25, -0.2) is 0 Å². The summed E-state index contributed by atoms with van der Waals surface area (Å²) >= 11 is 0. The monoisotopic (exact) mass is 233 g/mol. The molecule has 1 fully saturated rings. The fraction of sp³-hybridized carbons (Fsp3) is 1.00. The molecule has 15 heavy (non-hydrogen) atoms. The molecule has 1 N–H and O–H groups in total. The zero-order chi connectivity index (χ0) is 11.1. The van der Waals surface area contributed by atoms with Crippen LogP contribution in [0.4, 0.5) is 0 Å². The van der Waals surface area contributed by atoms with Crippen molar-refractivity contribution in [3.8, 4) is 0 Å². The molecule has 1 heterocycles. The second-order valence-electron chi connectivity index (χ2n) is 4.73. The molecule has 1 saturated heterocycles. The number of ether oxygens (including phenoxy) is 1. The Labute approximate surface area is 95.4 Å². The van der Waals surface area contributed by atoms with Crippen LogP contribution in [-0.4, -0.2) is 42.5 Å². The maximum absolute atomic E-state index is 10.8. The summed E-state index contributed by atoms with van der Waals surface area (Å²) < 4.78 is 16.2. The normalized spacial score (nSPS) is 22.5. The van der Waals surface area contributed by atoms with Crippen LogP contribution >= 0.6 is 0 Å². The van der Waals surface area contributed by atoms with E-state index >= 15 is 0 Å². The van der Waals surface area contributed by atoms with Gasteiger partial charge in [-0.1, -0.05) is 6.92 Å². The average Bonchev–Trinajstić information content (AvgIpc) is 2.17. The topological polar surface area (TPSA) is 38.3 Å². The Balaban J connectivity index is 2.05. The zero-order valence-electron chi connectivity index (χ0n) is 9.88. The lowest BCUT2D eigenvalue weighted by Gasteiger charge is -2.33. The highest BCUT2D eigenvalue weighted by Crippen LogP contribution is 2.28. The van der Waals surface area contributed by atoms with Crippen molar-refractivity contribution in [1.29, 1.82) is 0 Å². The van der Waals surface area contributed by atoms with Gasteiger partial charge in [0.2, 0.25) is 0 Å². The molecule has 0 amide bonds. The lowest BCUT2D eigenvalue weighted by Crippen LogP contribution is -2.37. The zero-order valence-corrected chi connectivity index (χ0v) is 10.7. The molecule has 1 atom stereocenters. The summed E-state index contributed by atoms with van der Waals surface area (Å²) in [7, 11) is -0.644. The Morgan fingerprint density at radius 1 is 1.40 bits per heavy atom. The fourth-order valence-corrected chi connectivity index (χ4v) is 2.38. The van der Waals surface area contributed by atoms with Gasteiger partial charge in [-0.15, -0.1) is 0 Å². The van der Waals surface area contributed by atoms with Gasteiger partial charge >= 0.3 is 0 Å². The van der Waals surface area contributed by atoms with E-state index in [-0.39, 0.29) is 0 Å². The van der Waals surface area contributed by atoms with Crippen molar-refractivity contribution in [3.05, 3.63) is 0 Å². The quantitative estimate of drug-likeness (QED) is 0.700. The number of rotatable bonds is 6. The predicted octanol–water partition coefficient (Wildman–Crippen LogP) is 1.16. The van der Waals surface area contributed by atoms with Crippen LogP contribution < -0.4 is 5.32 Å². The Hall–Kier alpha value is 0.0700. The summed E-state index contributed by atoms with van der Waals surface area (Å²) in [6, 6.07) is 0. The van der Waals surface area contributed by atoms with E-state index in [1.807, 2.05) is 0 Å². The molecular weight excluding hydrogens is 210 g/mol. The van der Waals surface area contributed by atoms with E-state index in [1.54, 1.807) is 6.26 Å². The minimum absolute atomic E-state index is 0.406. The van der Waals surface area contributed by atoms with Crippen molar-refractivity contribution in [2.24, 2.45) is 5.41 Å². The third-order valence-corrected chi connectivity index (χ3v) is 3.90. The Morgan fingerprint density at radius 2 is 2.07 bits per heavy atom. The molecule has 0 aliphatic carbocycles. The SMILES string of the molecule is CS(=O)CCCNCC1(C)CCOCC1. The first-order valence-electron chi connectivity index (χ1n) is 5.71. The largest absolute Gasteiger partial charge is 0.381 e. The van der Waals surface area contributed by atoms with Crippen molar-refractivity contribution in [2.45, 2.75) is 26.2 Å². The smallest absolute Gasteiger partial charge is 0.0471 e. The molecule has 0 aromatic rings. The summed E-state index contributed by atoms with van der Waals surface area (Å²) in [5.41, 5.74) is 0.406. The maximum Gasteiger partial charge on any atom is 0.0471 e. The number of hydrogen-bond donors (Lipinski definition) is 1. The third kappa shape index (κ3) is 5.64. The summed E-state index contributed by atoms with van der Waals surface area (Å²) in [5.74, 6) is 0.812. The van der Waals surface area contributed by atoms with Gasteiger partial charge in [0.05, 0.1) is 0 Å². The number of nitrogens with one attached hydrogen (secondary N) is 1. The van der Waals surface area contributed by atoms with Gasteiger partial charge in [0.25, 0.3) is 0 Å². The first kappa shape index (κ1) is 13.1. The van der Waals surface area contributed by atoms with E-state index in [0.29, 0.717) is 5.41 Å². The van der Waals surface area contributed by atoms with Gasteiger partial charge < -0.3 is 10.1 Å². The molecule has 90 valence electrons.